The summed E-state index contributed by atoms with van der Waals surface area (Å²) in [7, 11) is -3.67. The van der Waals surface area contributed by atoms with Crippen LogP contribution in [0.3, 0.4) is 0 Å². The number of thiophene rings is 1. The fourth-order valence-electron chi connectivity index (χ4n) is 2.89. The largest absolute Gasteiger partial charge is 0.339 e. The lowest BCUT2D eigenvalue weighted by Gasteiger charge is -2.30. The summed E-state index contributed by atoms with van der Waals surface area (Å²) in [5, 5.41) is 4.93. The summed E-state index contributed by atoms with van der Waals surface area (Å²) in [6.07, 6.45) is 0.570. The highest BCUT2D eigenvalue weighted by atomic mass is 32.2. The van der Waals surface area contributed by atoms with Gasteiger partial charge in [-0.3, -0.25) is 4.79 Å². The Bertz CT molecular complexity index is 801. The molecule has 1 aliphatic heterocycles. The summed E-state index contributed by atoms with van der Waals surface area (Å²) in [4.78, 5) is 14.4. The van der Waals surface area contributed by atoms with Crippen molar-refractivity contribution >= 4 is 27.3 Å². The maximum Gasteiger partial charge on any atom is 0.253 e. The van der Waals surface area contributed by atoms with Crippen LogP contribution in [-0.2, 0) is 21.2 Å². The molecule has 0 bridgehead atoms. The highest BCUT2D eigenvalue weighted by Gasteiger charge is 2.29. The van der Waals surface area contributed by atoms with E-state index in [0.29, 0.717) is 19.5 Å². The van der Waals surface area contributed by atoms with Crippen LogP contribution >= 0.6 is 11.3 Å². The van der Waals surface area contributed by atoms with Crippen molar-refractivity contribution in [3.05, 3.63) is 53.4 Å². The van der Waals surface area contributed by atoms with E-state index in [0.717, 1.165) is 18.7 Å². The number of carbonyl (C=O) groups is 1. The number of hydrogen-bond acceptors (Lipinski definition) is 5. The molecule has 0 spiro atoms. The van der Waals surface area contributed by atoms with Gasteiger partial charge in [-0.25, -0.2) is 8.42 Å². The van der Waals surface area contributed by atoms with Crippen molar-refractivity contribution in [3.8, 4) is 0 Å². The molecule has 0 aliphatic carbocycles. The molecule has 2 heterocycles. The lowest BCUT2D eigenvalue weighted by atomic mass is 10.1. The van der Waals surface area contributed by atoms with Crippen molar-refractivity contribution in [1.29, 1.82) is 0 Å². The fourth-order valence-corrected chi connectivity index (χ4v) is 5.42. The SMILES string of the molecule is O=C(CN(CCc1ccccc1)S(=O)(=O)c1cccs1)N1CCNCC1. The number of amides is 1. The summed E-state index contributed by atoms with van der Waals surface area (Å²) in [5.41, 5.74) is 1.05. The molecular formula is C18H23N3O3S2. The van der Waals surface area contributed by atoms with Crippen molar-refractivity contribution < 1.29 is 13.2 Å². The monoisotopic (exact) mass is 393 g/mol. The first-order valence-electron chi connectivity index (χ1n) is 8.63. The van der Waals surface area contributed by atoms with E-state index in [9.17, 15) is 13.2 Å². The Balaban J connectivity index is 1.75. The predicted octanol–water partition coefficient (Wildman–Crippen LogP) is 1.41. The van der Waals surface area contributed by atoms with Gasteiger partial charge in [0.05, 0.1) is 6.54 Å². The lowest BCUT2D eigenvalue weighted by molar-refractivity contribution is -0.131. The molecule has 1 aromatic carbocycles. The van der Waals surface area contributed by atoms with E-state index in [4.69, 9.17) is 0 Å². The van der Waals surface area contributed by atoms with E-state index in [1.807, 2.05) is 30.3 Å². The van der Waals surface area contributed by atoms with Gasteiger partial charge in [0.15, 0.2) is 0 Å². The third-order valence-electron chi connectivity index (χ3n) is 4.36. The van der Waals surface area contributed by atoms with E-state index in [2.05, 4.69) is 5.32 Å². The van der Waals surface area contributed by atoms with Gasteiger partial charge in [0.2, 0.25) is 5.91 Å². The van der Waals surface area contributed by atoms with E-state index in [-0.39, 0.29) is 23.2 Å². The van der Waals surface area contributed by atoms with E-state index in [1.165, 1.54) is 15.6 Å². The van der Waals surface area contributed by atoms with Gasteiger partial charge in [-0.2, -0.15) is 4.31 Å². The van der Waals surface area contributed by atoms with E-state index in [1.54, 1.807) is 22.4 Å². The van der Waals surface area contributed by atoms with Crippen LogP contribution in [0, 0.1) is 0 Å². The second kappa shape index (κ2) is 8.77. The molecule has 1 amide bonds. The number of carbonyl (C=O) groups excluding carboxylic acids is 1. The van der Waals surface area contributed by atoms with E-state index >= 15 is 0 Å². The van der Waals surface area contributed by atoms with Gasteiger partial charge in [0.1, 0.15) is 4.21 Å². The van der Waals surface area contributed by atoms with Gasteiger partial charge in [0.25, 0.3) is 10.0 Å². The van der Waals surface area contributed by atoms with Crippen molar-refractivity contribution in [2.45, 2.75) is 10.6 Å². The van der Waals surface area contributed by atoms with Crippen LogP contribution in [0.5, 0.6) is 0 Å². The maximum atomic E-state index is 13.0. The zero-order valence-corrected chi connectivity index (χ0v) is 16.1. The third-order valence-corrected chi connectivity index (χ3v) is 7.58. The standard InChI is InChI=1S/C18H23N3O3S2/c22-17(20-12-9-19-10-13-20)15-21(11-8-16-5-2-1-3-6-16)26(23,24)18-7-4-14-25-18/h1-7,14,19H,8-13,15H2. The molecule has 1 aromatic heterocycles. The number of benzene rings is 1. The second-order valence-corrected chi connectivity index (χ2v) is 9.25. The van der Waals surface area contributed by atoms with Gasteiger partial charge in [-0.05, 0) is 23.4 Å². The van der Waals surface area contributed by atoms with Crippen LogP contribution < -0.4 is 5.32 Å². The summed E-state index contributed by atoms with van der Waals surface area (Å²) < 4.78 is 27.6. The first-order valence-corrected chi connectivity index (χ1v) is 11.0. The van der Waals surface area contributed by atoms with Crippen molar-refractivity contribution in [2.75, 3.05) is 39.3 Å². The van der Waals surface area contributed by atoms with Crippen molar-refractivity contribution in [1.82, 2.24) is 14.5 Å². The Labute approximate surface area is 158 Å². The van der Waals surface area contributed by atoms with Gasteiger partial charge in [-0.15, -0.1) is 11.3 Å². The molecule has 140 valence electrons. The molecule has 1 aliphatic rings. The smallest absolute Gasteiger partial charge is 0.253 e. The zero-order chi connectivity index (χ0) is 18.4. The predicted molar refractivity (Wildman–Crippen MR) is 103 cm³/mol. The average molecular weight is 394 g/mol. The Morgan fingerprint density at radius 1 is 1.12 bits per heavy atom. The topological polar surface area (TPSA) is 69.7 Å². The Kier molecular flexibility index (Phi) is 6.42. The zero-order valence-electron chi connectivity index (χ0n) is 14.5. The quantitative estimate of drug-likeness (QED) is 0.772. The lowest BCUT2D eigenvalue weighted by Crippen LogP contribution is -2.50. The summed E-state index contributed by atoms with van der Waals surface area (Å²) in [5.74, 6) is -0.139. The number of rotatable bonds is 7. The number of piperazine rings is 1. The normalized spacial score (nSPS) is 15.3. The Hall–Kier alpha value is -1.74. The van der Waals surface area contributed by atoms with Gasteiger partial charge < -0.3 is 10.2 Å². The van der Waals surface area contributed by atoms with Gasteiger partial charge in [-0.1, -0.05) is 36.4 Å². The average Bonchev–Trinajstić information content (AvgIpc) is 3.22. The number of sulfonamides is 1. The van der Waals surface area contributed by atoms with Crippen LogP contribution in [0.15, 0.2) is 52.1 Å². The highest BCUT2D eigenvalue weighted by molar-refractivity contribution is 7.91. The molecule has 26 heavy (non-hydrogen) atoms. The minimum Gasteiger partial charge on any atom is -0.339 e. The molecule has 0 atom stereocenters. The molecule has 2 aromatic rings. The molecule has 1 saturated heterocycles. The van der Waals surface area contributed by atoms with Crippen molar-refractivity contribution in [2.24, 2.45) is 0 Å². The Morgan fingerprint density at radius 2 is 1.85 bits per heavy atom. The molecule has 8 heteroatoms. The molecular weight excluding hydrogens is 370 g/mol. The molecule has 3 rings (SSSR count). The maximum absolute atomic E-state index is 13.0. The van der Waals surface area contributed by atoms with Crippen LogP contribution in [0.4, 0.5) is 0 Å². The number of hydrogen-bond donors (Lipinski definition) is 1. The first kappa shape index (κ1) is 19.0. The summed E-state index contributed by atoms with van der Waals surface area (Å²) in [6, 6.07) is 13.0. The van der Waals surface area contributed by atoms with Gasteiger partial charge in [0, 0.05) is 32.7 Å². The minimum absolute atomic E-state index is 0.118. The number of nitrogens with one attached hydrogen (secondary N) is 1. The number of nitrogens with zero attached hydrogens (tertiary/aromatic N) is 2. The molecule has 6 nitrogen and oxygen atoms in total. The minimum atomic E-state index is -3.67. The Morgan fingerprint density at radius 3 is 2.50 bits per heavy atom. The highest BCUT2D eigenvalue weighted by Crippen LogP contribution is 2.21. The van der Waals surface area contributed by atoms with Crippen LogP contribution in [0.25, 0.3) is 0 Å². The molecule has 0 unspecified atom stereocenters. The van der Waals surface area contributed by atoms with Crippen LogP contribution in [0.2, 0.25) is 0 Å². The molecule has 1 N–H and O–H groups in total. The summed E-state index contributed by atoms with van der Waals surface area (Å²) in [6.45, 7) is 2.88. The third kappa shape index (κ3) is 4.70. The summed E-state index contributed by atoms with van der Waals surface area (Å²) >= 11 is 1.18. The molecule has 0 radical (unpaired) electrons. The van der Waals surface area contributed by atoms with Gasteiger partial charge >= 0.3 is 0 Å². The fraction of sp³-hybridized carbons (Fsp3) is 0.389. The van der Waals surface area contributed by atoms with Crippen LogP contribution in [0.1, 0.15) is 5.56 Å². The van der Waals surface area contributed by atoms with E-state index < -0.39 is 10.0 Å². The first-order chi connectivity index (χ1) is 12.6. The van der Waals surface area contributed by atoms with Crippen LogP contribution in [-0.4, -0.2) is 62.8 Å². The second-order valence-electron chi connectivity index (χ2n) is 6.14. The van der Waals surface area contributed by atoms with Crippen molar-refractivity contribution in [3.63, 3.8) is 0 Å². The molecule has 0 saturated carbocycles. The molecule has 1 fully saturated rings.